The summed E-state index contributed by atoms with van der Waals surface area (Å²) in [6.07, 6.45) is 0. The van der Waals surface area contributed by atoms with Gasteiger partial charge in [0.25, 0.3) is 10.1 Å². The van der Waals surface area contributed by atoms with Gasteiger partial charge in [0.2, 0.25) is 0 Å². The van der Waals surface area contributed by atoms with E-state index in [0.717, 1.165) is 17.8 Å². The van der Waals surface area contributed by atoms with Gasteiger partial charge in [-0.25, -0.2) is 12.6 Å². The zero-order valence-corrected chi connectivity index (χ0v) is 22.7. The Bertz CT molecular complexity index is 1930. The van der Waals surface area contributed by atoms with E-state index in [0.29, 0.717) is 5.69 Å². The molecule has 4 rings (SSSR count). The number of fused-ring (bicyclic) bond motifs is 1. The lowest BCUT2D eigenvalue weighted by molar-refractivity contribution is 0.284. The minimum atomic E-state index is -4.87. The van der Waals surface area contributed by atoms with Crippen LogP contribution in [-0.2, 0) is 34.5 Å². The summed E-state index contributed by atoms with van der Waals surface area (Å²) in [5.74, 6) is -1.39. The third kappa shape index (κ3) is 7.17. The van der Waals surface area contributed by atoms with Crippen molar-refractivity contribution in [3.63, 3.8) is 0 Å². The largest absolute Gasteiger partial charge is 0.505 e. The maximum atomic E-state index is 12.5. The summed E-state index contributed by atoms with van der Waals surface area (Å²) < 4.78 is 93.0. The van der Waals surface area contributed by atoms with Crippen LogP contribution in [0.1, 0.15) is 0 Å². The predicted octanol–water partition coefficient (Wildman–Crippen LogP) is 4.54. The summed E-state index contributed by atoms with van der Waals surface area (Å²) >= 11 is 0. The molecule has 0 saturated heterocycles. The molecule has 0 bridgehead atoms. The topological polar surface area (TPSA) is 209 Å². The quantitative estimate of drug-likeness (QED) is 0.145. The van der Waals surface area contributed by atoms with E-state index in [1.165, 1.54) is 24.3 Å². The van der Waals surface area contributed by atoms with Crippen molar-refractivity contribution < 1.29 is 43.6 Å². The van der Waals surface area contributed by atoms with Crippen LogP contribution in [0.3, 0.4) is 0 Å². The number of nitrogens with zero attached hydrogens (tertiary/aromatic N) is 2. The Labute approximate surface area is 229 Å². The normalized spacial score (nSPS) is 12.7. The number of hydrogen-bond donors (Lipinski definition) is 4. The molecular weight excluding hydrogens is 586 g/mol. The second-order valence-electron chi connectivity index (χ2n) is 8.24. The molecule has 0 aliphatic heterocycles. The van der Waals surface area contributed by atoms with Crippen molar-refractivity contribution in [2.24, 2.45) is 10.2 Å². The average molecular weight is 608 g/mol. The fourth-order valence-corrected chi connectivity index (χ4v) is 5.80. The minimum Gasteiger partial charge on any atom is -0.505 e. The molecular formula is C24H21N3O10S3. The van der Waals surface area contributed by atoms with Crippen molar-refractivity contribution in [3.8, 4) is 5.75 Å². The van der Waals surface area contributed by atoms with Gasteiger partial charge in [0, 0.05) is 16.8 Å². The molecule has 13 nitrogen and oxygen atoms in total. The molecule has 0 fully saturated rings. The number of rotatable bonds is 10. The second kappa shape index (κ2) is 11.3. The first-order valence-electron chi connectivity index (χ1n) is 11.2. The molecule has 0 amide bonds. The number of hydrogen-bond acceptors (Lipinski definition) is 11. The lowest BCUT2D eigenvalue weighted by atomic mass is 10.1. The number of anilines is 2. The van der Waals surface area contributed by atoms with Crippen LogP contribution in [0, 0.1) is 0 Å². The number of sulfone groups is 1. The van der Waals surface area contributed by atoms with Crippen LogP contribution in [0.5, 0.6) is 5.75 Å². The molecule has 0 radical (unpaired) electrons. The van der Waals surface area contributed by atoms with Gasteiger partial charge in [-0.15, -0.1) is 5.11 Å². The molecule has 0 aromatic heterocycles. The van der Waals surface area contributed by atoms with E-state index in [1.54, 1.807) is 12.1 Å². The lowest BCUT2D eigenvalue weighted by Crippen LogP contribution is -2.15. The number of para-hydroxylation sites is 1. The van der Waals surface area contributed by atoms with Crippen LogP contribution in [0.2, 0.25) is 0 Å². The van der Waals surface area contributed by atoms with Crippen LogP contribution in [0.15, 0.2) is 98.9 Å². The first-order chi connectivity index (χ1) is 18.7. The second-order valence-corrected chi connectivity index (χ2v) is 12.8. The summed E-state index contributed by atoms with van der Waals surface area (Å²) in [6, 6.07) is 19.9. The minimum absolute atomic E-state index is 0.0722. The SMILES string of the molecule is O=S(=O)(O)OCCS(=O)(=O)c1cccc(N=Nc2c(S(=O)(=O)O)cc3ccc(Nc4ccccc4)cc3c2O)c1. The third-order valence-electron chi connectivity index (χ3n) is 5.42. The predicted molar refractivity (Wildman–Crippen MR) is 145 cm³/mol. The molecule has 0 aliphatic rings. The van der Waals surface area contributed by atoms with Crippen LogP contribution in [0.4, 0.5) is 22.7 Å². The highest BCUT2D eigenvalue weighted by molar-refractivity contribution is 7.91. The van der Waals surface area contributed by atoms with Gasteiger partial charge < -0.3 is 10.4 Å². The summed E-state index contributed by atoms with van der Waals surface area (Å²) in [6.45, 7) is -0.837. The third-order valence-corrected chi connectivity index (χ3v) is 8.43. The summed E-state index contributed by atoms with van der Waals surface area (Å²) in [5.41, 5.74) is 0.668. The maximum absolute atomic E-state index is 12.5. The van der Waals surface area contributed by atoms with E-state index in [-0.39, 0.29) is 21.4 Å². The Morgan fingerprint density at radius 1 is 0.775 bits per heavy atom. The molecule has 4 N–H and O–H groups in total. The molecule has 0 atom stereocenters. The Hall–Kier alpha value is -3.93. The fraction of sp³-hybridized carbons (Fsp3) is 0.0833. The van der Waals surface area contributed by atoms with Crippen molar-refractivity contribution in [3.05, 3.63) is 78.9 Å². The van der Waals surface area contributed by atoms with Crippen molar-refractivity contribution in [2.45, 2.75) is 9.79 Å². The fourth-order valence-electron chi connectivity index (χ4n) is 3.61. The molecule has 4 aromatic carbocycles. The van der Waals surface area contributed by atoms with Crippen LogP contribution in [0.25, 0.3) is 10.8 Å². The number of nitrogens with one attached hydrogen (secondary N) is 1. The van der Waals surface area contributed by atoms with Gasteiger partial charge in [-0.1, -0.05) is 30.3 Å². The summed E-state index contributed by atoms with van der Waals surface area (Å²) in [7, 11) is -13.8. The van der Waals surface area contributed by atoms with Gasteiger partial charge in [0.15, 0.2) is 15.6 Å². The van der Waals surface area contributed by atoms with E-state index in [9.17, 15) is 34.9 Å². The standard InChI is InChI=1S/C24H21N3O10S3/c28-24-21-15-18(25-17-5-2-1-3-6-17)10-9-16(21)13-22(39(31,32)33)23(24)27-26-19-7-4-8-20(14-19)38(29,30)12-11-37-40(34,35)36/h1-10,13-15,25,28H,11-12H2,(H,31,32,33)(H,34,35,36). The Morgan fingerprint density at radius 3 is 2.17 bits per heavy atom. The lowest BCUT2D eigenvalue weighted by Gasteiger charge is -2.11. The zero-order chi connectivity index (χ0) is 29.1. The number of aromatic hydroxyl groups is 1. The highest BCUT2D eigenvalue weighted by Crippen LogP contribution is 2.42. The van der Waals surface area contributed by atoms with Crippen molar-refractivity contribution in [1.29, 1.82) is 0 Å². The number of benzene rings is 4. The molecule has 0 heterocycles. The molecule has 210 valence electrons. The summed E-state index contributed by atoms with van der Waals surface area (Å²) in [5, 5.41) is 22.2. The Morgan fingerprint density at radius 2 is 1.50 bits per heavy atom. The van der Waals surface area contributed by atoms with Gasteiger partial charge in [-0.2, -0.15) is 21.9 Å². The van der Waals surface area contributed by atoms with Gasteiger partial charge in [-0.05, 0) is 53.9 Å². The van der Waals surface area contributed by atoms with Crippen molar-refractivity contribution in [2.75, 3.05) is 17.7 Å². The Kier molecular flexibility index (Phi) is 8.20. The van der Waals surface area contributed by atoms with Gasteiger partial charge in [0.1, 0.15) is 10.6 Å². The zero-order valence-electron chi connectivity index (χ0n) is 20.2. The van der Waals surface area contributed by atoms with E-state index in [1.807, 2.05) is 30.3 Å². The number of phenolic OH excluding ortho intramolecular Hbond substituents is 1. The first-order valence-corrected chi connectivity index (χ1v) is 15.6. The molecule has 40 heavy (non-hydrogen) atoms. The Balaban J connectivity index is 1.71. The molecule has 0 unspecified atom stereocenters. The van der Waals surface area contributed by atoms with Crippen LogP contribution < -0.4 is 5.32 Å². The first kappa shape index (κ1) is 29.1. The summed E-state index contributed by atoms with van der Waals surface area (Å²) in [4.78, 5) is -1.02. The highest BCUT2D eigenvalue weighted by Gasteiger charge is 2.22. The van der Waals surface area contributed by atoms with Crippen LogP contribution in [-0.4, -0.2) is 51.8 Å². The maximum Gasteiger partial charge on any atom is 0.397 e. The van der Waals surface area contributed by atoms with Gasteiger partial charge >= 0.3 is 10.4 Å². The van der Waals surface area contributed by atoms with Crippen molar-refractivity contribution in [1.82, 2.24) is 0 Å². The monoisotopic (exact) mass is 607 g/mol. The van der Waals surface area contributed by atoms with Gasteiger partial charge in [-0.3, -0.25) is 9.11 Å². The molecule has 0 saturated carbocycles. The smallest absolute Gasteiger partial charge is 0.397 e. The van der Waals surface area contributed by atoms with Crippen molar-refractivity contribution >= 4 is 63.9 Å². The van der Waals surface area contributed by atoms with E-state index in [4.69, 9.17) is 4.55 Å². The molecule has 0 spiro atoms. The highest BCUT2D eigenvalue weighted by atomic mass is 32.3. The van der Waals surface area contributed by atoms with E-state index < -0.39 is 59.0 Å². The molecule has 4 aromatic rings. The van der Waals surface area contributed by atoms with E-state index >= 15 is 0 Å². The van der Waals surface area contributed by atoms with Crippen LogP contribution >= 0.6 is 0 Å². The molecule has 0 aliphatic carbocycles. The number of phenols is 1. The van der Waals surface area contributed by atoms with E-state index in [2.05, 4.69) is 19.7 Å². The number of azo groups is 1. The average Bonchev–Trinajstić information content (AvgIpc) is 2.87. The molecule has 16 heteroatoms. The van der Waals surface area contributed by atoms with Gasteiger partial charge in [0.05, 0.1) is 22.9 Å².